The number of aromatic nitrogens is 1. The molecular weight excluding hydrogens is 326 g/mol. The van der Waals surface area contributed by atoms with Crippen LogP contribution in [0.4, 0.5) is 13.2 Å². The van der Waals surface area contributed by atoms with E-state index in [2.05, 4.69) is 4.98 Å². The SMILES string of the molecule is O=C(O)Cc1cc(F)c(I)c(C(F)F)n1. The van der Waals surface area contributed by atoms with Crippen LogP contribution in [0.25, 0.3) is 0 Å². The van der Waals surface area contributed by atoms with Crippen LogP contribution >= 0.6 is 22.6 Å². The summed E-state index contributed by atoms with van der Waals surface area (Å²) < 4.78 is 37.5. The van der Waals surface area contributed by atoms with Gasteiger partial charge in [0.05, 0.1) is 15.7 Å². The smallest absolute Gasteiger partial charge is 0.309 e. The highest BCUT2D eigenvalue weighted by Gasteiger charge is 2.19. The Balaban J connectivity index is 3.17. The van der Waals surface area contributed by atoms with Gasteiger partial charge in [0.25, 0.3) is 6.43 Å². The van der Waals surface area contributed by atoms with Gasteiger partial charge in [0.1, 0.15) is 11.5 Å². The van der Waals surface area contributed by atoms with Gasteiger partial charge in [-0.15, -0.1) is 0 Å². The topological polar surface area (TPSA) is 50.2 Å². The van der Waals surface area contributed by atoms with E-state index >= 15 is 0 Å². The number of nitrogens with zero attached hydrogens (tertiary/aromatic N) is 1. The summed E-state index contributed by atoms with van der Waals surface area (Å²) in [6, 6.07) is 0.849. The number of hydrogen-bond acceptors (Lipinski definition) is 2. The summed E-state index contributed by atoms with van der Waals surface area (Å²) in [6.45, 7) is 0. The first-order valence-corrected chi connectivity index (χ1v) is 4.84. The Morgan fingerprint density at radius 2 is 2.20 bits per heavy atom. The van der Waals surface area contributed by atoms with E-state index in [-0.39, 0.29) is 9.26 Å². The fourth-order valence-corrected chi connectivity index (χ4v) is 1.47. The number of carbonyl (C=O) groups is 1. The summed E-state index contributed by atoms with van der Waals surface area (Å²) in [5.74, 6) is -2.12. The first kappa shape index (κ1) is 12.2. The lowest BCUT2D eigenvalue weighted by Crippen LogP contribution is -2.07. The van der Waals surface area contributed by atoms with E-state index in [0.717, 1.165) is 6.07 Å². The van der Waals surface area contributed by atoms with E-state index in [1.807, 2.05) is 0 Å². The Kier molecular flexibility index (Phi) is 3.89. The van der Waals surface area contributed by atoms with Crippen LogP contribution < -0.4 is 0 Å². The summed E-state index contributed by atoms with van der Waals surface area (Å²) in [4.78, 5) is 13.7. The Morgan fingerprint density at radius 3 is 2.67 bits per heavy atom. The first-order valence-electron chi connectivity index (χ1n) is 3.76. The van der Waals surface area contributed by atoms with Gasteiger partial charge in [-0.3, -0.25) is 4.79 Å². The summed E-state index contributed by atoms with van der Waals surface area (Å²) in [5, 5.41) is 8.40. The van der Waals surface area contributed by atoms with Gasteiger partial charge in [-0.25, -0.2) is 18.2 Å². The summed E-state index contributed by atoms with van der Waals surface area (Å²) >= 11 is 1.41. The van der Waals surface area contributed by atoms with Crippen molar-refractivity contribution >= 4 is 28.6 Å². The Labute approximate surface area is 96.5 Å². The second kappa shape index (κ2) is 4.77. The van der Waals surface area contributed by atoms with Crippen LogP contribution in [0.5, 0.6) is 0 Å². The van der Waals surface area contributed by atoms with Crippen LogP contribution in [-0.4, -0.2) is 16.1 Å². The molecule has 0 bridgehead atoms. The average molecular weight is 331 g/mol. The predicted molar refractivity (Wildman–Crippen MR) is 53.2 cm³/mol. The van der Waals surface area contributed by atoms with Crippen LogP contribution in [0.2, 0.25) is 0 Å². The zero-order valence-electron chi connectivity index (χ0n) is 7.18. The third-order valence-electron chi connectivity index (χ3n) is 1.53. The van der Waals surface area contributed by atoms with E-state index in [9.17, 15) is 18.0 Å². The zero-order valence-corrected chi connectivity index (χ0v) is 9.33. The molecule has 0 atom stereocenters. The zero-order chi connectivity index (χ0) is 11.6. The van der Waals surface area contributed by atoms with Gasteiger partial charge in [-0.1, -0.05) is 0 Å². The molecule has 0 aliphatic carbocycles. The summed E-state index contributed by atoms with van der Waals surface area (Å²) in [6.07, 6.45) is -3.49. The molecule has 7 heteroatoms. The predicted octanol–water partition coefficient (Wildman–Crippen LogP) is 2.39. The molecule has 1 heterocycles. The first-order chi connectivity index (χ1) is 6.91. The molecule has 1 aromatic rings. The molecule has 15 heavy (non-hydrogen) atoms. The van der Waals surface area contributed by atoms with Crippen molar-refractivity contribution in [2.24, 2.45) is 0 Å². The molecule has 0 unspecified atom stereocenters. The molecule has 0 radical (unpaired) electrons. The number of alkyl halides is 2. The van der Waals surface area contributed by atoms with Gasteiger partial charge in [0.2, 0.25) is 0 Å². The fourth-order valence-electron chi connectivity index (χ4n) is 0.958. The molecule has 0 aliphatic heterocycles. The van der Waals surface area contributed by atoms with Gasteiger partial charge in [0, 0.05) is 0 Å². The van der Waals surface area contributed by atoms with E-state index in [4.69, 9.17) is 5.11 Å². The molecule has 0 saturated heterocycles. The van der Waals surface area contributed by atoms with E-state index in [1.54, 1.807) is 0 Å². The second-order valence-electron chi connectivity index (χ2n) is 2.67. The van der Waals surface area contributed by atoms with E-state index in [1.165, 1.54) is 22.6 Å². The fraction of sp³-hybridized carbons (Fsp3) is 0.250. The van der Waals surface area contributed by atoms with Crippen molar-refractivity contribution in [2.75, 3.05) is 0 Å². The lowest BCUT2D eigenvalue weighted by molar-refractivity contribution is -0.136. The maximum Gasteiger partial charge on any atom is 0.309 e. The molecule has 0 amide bonds. The highest BCUT2D eigenvalue weighted by molar-refractivity contribution is 14.1. The Morgan fingerprint density at radius 1 is 1.60 bits per heavy atom. The molecule has 0 fully saturated rings. The maximum atomic E-state index is 13.1. The standard InChI is InChI=1S/C8H5F3INO2/c9-4-1-3(2-5(14)15)13-7(6(4)12)8(10)11/h1,8H,2H2,(H,14,15). The number of hydrogen-bond donors (Lipinski definition) is 1. The van der Waals surface area contributed by atoms with Crippen molar-refractivity contribution in [2.45, 2.75) is 12.8 Å². The third-order valence-corrected chi connectivity index (χ3v) is 2.60. The molecule has 1 rings (SSSR count). The van der Waals surface area contributed by atoms with Crippen LogP contribution in [-0.2, 0) is 11.2 Å². The molecule has 0 aliphatic rings. The summed E-state index contributed by atoms with van der Waals surface area (Å²) in [7, 11) is 0. The number of rotatable bonds is 3. The molecule has 1 N–H and O–H groups in total. The Bertz CT molecular complexity index is 398. The minimum atomic E-state index is -2.92. The number of pyridine rings is 1. The molecule has 1 aromatic heterocycles. The molecular formula is C8H5F3INO2. The quantitative estimate of drug-likeness (QED) is 0.866. The van der Waals surface area contributed by atoms with Crippen molar-refractivity contribution in [3.8, 4) is 0 Å². The Hall–Kier alpha value is -0.860. The monoisotopic (exact) mass is 331 g/mol. The van der Waals surface area contributed by atoms with E-state index in [0.29, 0.717) is 0 Å². The minimum Gasteiger partial charge on any atom is -0.481 e. The third kappa shape index (κ3) is 3.05. The normalized spacial score (nSPS) is 10.7. The van der Waals surface area contributed by atoms with Gasteiger partial charge < -0.3 is 5.11 Å². The molecule has 0 aromatic carbocycles. The largest absolute Gasteiger partial charge is 0.481 e. The minimum absolute atomic E-state index is 0.212. The maximum absolute atomic E-state index is 13.1. The second-order valence-corrected chi connectivity index (χ2v) is 3.74. The number of aliphatic carboxylic acids is 1. The highest BCUT2D eigenvalue weighted by Crippen LogP contribution is 2.25. The van der Waals surface area contributed by atoms with Crippen molar-refractivity contribution < 1.29 is 23.1 Å². The number of carboxylic acids is 1. The van der Waals surface area contributed by atoms with Gasteiger partial charge in [0.15, 0.2) is 0 Å². The van der Waals surface area contributed by atoms with Crippen LogP contribution in [0, 0.1) is 9.39 Å². The number of carboxylic acid groups (broad SMARTS) is 1. The van der Waals surface area contributed by atoms with Gasteiger partial charge in [-0.05, 0) is 28.7 Å². The summed E-state index contributed by atoms with van der Waals surface area (Å²) in [5.41, 5.74) is -0.928. The van der Waals surface area contributed by atoms with Crippen LogP contribution in [0.15, 0.2) is 6.07 Å². The molecule has 0 saturated carbocycles. The van der Waals surface area contributed by atoms with Crippen LogP contribution in [0.3, 0.4) is 0 Å². The van der Waals surface area contributed by atoms with Crippen molar-refractivity contribution in [3.05, 3.63) is 26.8 Å². The van der Waals surface area contributed by atoms with Crippen molar-refractivity contribution in [3.63, 3.8) is 0 Å². The lowest BCUT2D eigenvalue weighted by atomic mass is 10.2. The molecule has 3 nitrogen and oxygen atoms in total. The lowest BCUT2D eigenvalue weighted by Gasteiger charge is -2.05. The van der Waals surface area contributed by atoms with Crippen LogP contribution in [0.1, 0.15) is 17.8 Å². The van der Waals surface area contributed by atoms with E-state index < -0.39 is 30.3 Å². The van der Waals surface area contributed by atoms with Crippen molar-refractivity contribution in [1.82, 2.24) is 4.98 Å². The van der Waals surface area contributed by atoms with Gasteiger partial charge >= 0.3 is 5.97 Å². The number of halogens is 4. The molecule has 82 valence electrons. The highest BCUT2D eigenvalue weighted by atomic mass is 127. The van der Waals surface area contributed by atoms with Crippen molar-refractivity contribution in [1.29, 1.82) is 0 Å². The van der Waals surface area contributed by atoms with Gasteiger partial charge in [-0.2, -0.15) is 0 Å². The molecule has 0 spiro atoms. The average Bonchev–Trinajstić information content (AvgIpc) is 2.09.